The number of nitrogens with one attached hydrogen (secondary N) is 1. The van der Waals surface area contributed by atoms with E-state index in [1.54, 1.807) is 25.1 Å². The molecule has 1 aliphatic rings. The number of sulfonamides is 2. The molecular formula is C23H32FN3O5S2. The van der Waals surface area contributed by atoms with Gasteiger partial charge in [-0.25, -0.2) is 21.2 Å². The second-order valence-electron chi connectivity index (χ2n) is 8.55. The first-order valence-electron chi connectivity index (χ1n) is 11.2. The molecule has 1 N–H and O–H groups in total. The summed E-state index contributed by atoms with van der Waals surface area (Å²) in [6, 6.07) is 9.80. The van der Waals surface area contributed by atoms with E-state index in [9.17, 15) is 21.2 Å². The van der Waals surface area contributed by atoms with Crippen LogP contribution < -0.4 is 9.62 Å². The van der Waals surface area contributed by atoms with Crippen molar-refractivity contribution in [2.24, 2.45) is 0 Å². The monoisotopic (exact) mass is 513 g/mol. The van der Waals surface area contributed by atoms with E-state index in [1.807, 2.05) is 19.0 Å². The minimum atomic E-state index is -3.97. The van der Waals surface area contributed by atoms with E-state index in [-0.39, 0.29) is 29.8 Å². The molecule has 3 rings (SSSR count). The van der Waals surface area contributed by atoms with Crippen LogP contribution in [0.1, 0.15) is 31.7 Å². The molecule has 8 nitrogen and oxygen atoms in total. The van der Waals surface area contributed by atoms with Crippen LogP contribution in [0.25, 0.3) is 0 Å². The van der Waals surface area contributed by atoms with Gasteiger partial charge in [0.05, 0.1) is 16.8 Å². The maximum atomic E-state index is 13.5. The highest BCUT2D eigenvalue weighted by Crippen LogP contribution is 2.29. The van der Waals surface area contributed by atoms with Crippen LogP contribution in [0.4, 0.5) is 15.8 Å². The third-order valence-electron chi connectivity index (χ3n) is 5.54. The van der Waals surface area contributed by atoms with E-state index in [0.717, 1.165) is 30.7 Å². The summed E-state index contributed by atoms with van der Waals surface area (Å²) >= 11 is 0. The number of ether oxygens (including phenoxy) is 1. The van der Waals surface area contributed by atoms with E-state index in [2.05, 4.69) is 4.72 Å². The fourth-order valence-electron chi connectivity index (χ4n) is 3.92. The molecular weight excluding hydrogens is 481 g/mol. The predicted molar refractivity (Wildman–Crippen MR) is 131 cm³/mol. The lowest BCUT2D eigenvalue weighted by molar-refractivity contribution is 0.0926. The Bertz CT molecular complexity index is 1180. The summed E-state index contributed by atoms with van der Waals surface area (Å²) in [5, 5.41) is 0. The highest BCUT2D eigenvalue weighted by Gasteiger charge is 2.30. The normalized spacial score (nSPS) is 16.7. The second kappa shape index (κ2) is 11.0. The molecule has 1 heterocycles. The number of hydrogen-bond acceptors (Lipinski definition) is 6. The third-order valence-corrected chi connectivity index (χ3v) is 8.86. The Morgan fingerprint density at radius 3 is 2.38 bits per heavy atom. The summed E-state index contributed by atoms with van der Waals surface area (Å²) in [5.41, 5.74) is 1.75. The number of benzene rings is 2. The molecule has 0 aromatic heterocycles. The lowest BCUT2D eigenvalue weighted by Crippen LogP contribution is -2.37. The van der Waals surface area contributed by atoms with Crippen molar-refractivity contribution in [3.05, 3.63) is 53.8 Å². The smallest absolute Gasteiger partial charge is 0.243 e. The number of hydrogen-bond donors (Lipinski definition) is 1. The Labute approximate surface area is 201 Å². The van der Waals surface area contributed by atoms with Crippen LogP contribution in [0, 0.1) is 5.82 Å². The molecule has 1 aliphatic heterocycles. The average Bonchev–Trinajstić information content (AvgIpc) is 3.26. The Morgan fingerprint density at radius 2 is 1.79 bits per heavy atom. The molecule has 34 heavy (non-hydrogen) atoms. The first kappa shape index (κ1) is 26.4. The summed E-state index contributed by atoms with van der Waals surface area (Å²) < 4.78 is 74.7. The van der Waals surface area contributed by atoms with Gasteiger partial charge in [0, 0.05) is 45.2 Å². The van der Waals surface area contributed by atoms with Crippen molar-refractivity contribution in [2.75, 3.05) is 42.6 Å². The van der Waals surface area contributed by atoms with Crippen LogP contribution in [0.3, 0.4) is 0 Å². The maximum Gasteiger partial charge on any atom is 0.243 e. The quantitative estimate of drug-likeness (QED) is 0.495. The van der Waals surface area contributed by atoms with Crippen molar-refractivity contribution in [2.45, 2.75) is 43.7 Å². The van der Waals surface area contributed by atoms with Gasteiger partial charge in [-0.05, 0) is 67.3 Å². The Hall–Kier alpha value is -2.21. The van der Waals surface area contributed by atoms with Gasteiger partial charge in [-0.2, -0.15) is 4.31 Å². The van der Waals surface area contributed by atoms with Gasteiger partial charge in [-0.1, -0.05) is 6.92 Å². The van der Waals surface area contributed by atoms with Gasteiger partial charge in [-0.15, -0.1) is 0 Å². The number of halogens is 1. The summed E-state index contributed by atoms with van der Waals surface area (Å²) in [6.45, 7) is 2.49. The molecule has 2 aromatic rings. The lowest BCUT2D eigenvalue weighted by atomic mass is 10.1. The molecule has 1 fully saturated rings. The Balaban J connectivity index is 1.99. The van der Waals surface area contributed by atoms with Crippen LogP contribution in [-0.2, 0) is 31.3 Å². The first-order valence-corrected chi connectivity index (χ1v) is 14.3. The fourth-order valence-corrected chi connectivity index (χ4v) is 6.50. The van der Waals surface area contributed by atoms with Crippen LogP contribution >= 0.6 is 0 Å². The van der Waals surface area contributed by atoms with Crippen molar-refractivity contribution in [3.8, 4) is 0 Å². The summed E-state index contributed by atoms with van der Waals surface area (Å²) in [5.74, 6) is -0.534. The molecule has 2 aromatic carbocycles. The van der Waals surface area contributed by atoms with Crippen LogP contribution in [0.5, 0.6) is 0 Å². The van der Waals surface area contributed by atoms with Gasteiger partial charge in [0.2, 0.25) is 20.0 Å². The standard InChI is InChI=1S/C23H32FN3O5S2/c1-4-14-33(28,29)25-20-9-12-23(26(2)3)18(15-20)16-27(17-21-6-5-13-32-21)34(30,31)22-10-7-19(24)8-11-22/h7-12,15,21,25H,4-6,13-14,16-17H2,1-3H3. The summed E-state index contributed by atoms with van der Waals surface area (Å²) in [6.07, 6.45) is 1.83. The Morgan fingerprint density at radius 1 is 1.09 bits per heavy atom. The summed E-state index contributed by atoms with van der Waals surface area (Å²) in [4.78, 5) is 1.83. The van der Waals surface area contributed by atoms with Gasteiger partial charge in [0.1, 0.15) is 5.82 Å². The van der Waals surface area contributed by atoms with Gasteiger partial charge in [0.25, 0.3) is 0 Å². The number of rotatable bonds is 11. The zero-order chi connectivity index (χ0) is 24.9. The molecule has 0 saturated carbocycles. The van der Waals surface area contributed by atoms with Crippen molar-refractivity contribution in [1.82, 2.24) is 4.31 Å². The van der Waals surface area contributed by atoms with Crippen molar-refractivity contribution < 1.29 is 26.0 Å². The zero-order valence-corrected chi connectivity index (χ0v) is 21.3. The van der Waals surface area contributed by atoms with E-state index < -0.39 is 25.9 Å². The number of anilines is 2. The predicted octanol–water partition coefficient (Wildman–Crippen LogP) is 3.41. The summed E-state index contributed by atoms with van der Waals surface area (Å²) in [7, 11) is -3.82. The topological polar surface area (TPSA) is 96.0 Å². The minimum Gasteiger partial charge on any atom is -0.377 e. The van der Waals surface area contributed by atoms with Crippen molar-refractivity contribution >= 4 is 31.4 Å². The van der Waals surface area contributed by atoms with Gasteiger partial charge < -0.3 is 9.64 Å². The molecule has 0 amide bonds. The molecule has 1 atom stereocenters. The maximum absolute atomic E-state index is 13.5. The average molecular weight is 514 g/mol. The highest BCUT2D eigenvalue weighted by atomic mass is 32.2. The molecule has 188 valence electrons. The Kier molecular flexibility index (Phi) is 8.56. The minimum absolute atomic E-state index is 0.00354. The second-order valence-corrected chi connectivity index (χ2v) is 12.3. The van der Waals surface area contributed by atoms with E-state index in [0.29, 0.717) is 24.3 Å². The number of nitrogens with zero attached hydrogens (tertiary/aromatic N) is 2. The van der Waals surface area contributed by atoms with Gasteiger partial charge in [-0.3, -0.25) is 4.72 Å². The molecule has 11 heteroatoms. The van der Waals surface area contributed by atoms with Gasteiger partial charge in [0.15, 0.2) is 0 Å². The molecule has 0 spiro atoms. The fraction of sp³-hybridized carbons (Fsp3) is 0.478. The highest BCUT2D eigenvalue weighted by molar-refractivity contribution is 7.92. The van der Waals surface area contributed by atoms with Gasteiger partial charge >= 0.3 is 0 Å². The first-order chi connectivity index (χ1) is 16.0. The van der Waals surface area contributed by atoms with E-state index in [4.69, 9.17) is 4.74 Å². The van der Waals surface area contributed by atoms with Crippen LogP contribution in [0.2, 0.25) is 0 Å². The van der Waals surface area contributed by atoms with Crippen LogP contribution in [-0.4, -0.2) is 60.2 Å². The lowest BCUT2D eigenvalue weighted by Gasteiger charge is -2.27. The zero-order valence-electron chi connectivity index (χ0n) is 19.7. The molecule has 0 bridgehead atoms. The molecule has 0 radical (unpaired) electrons. The van der Waals surface area contributed by atoms with Crippen molar-refractivity contribution in [1.29, 1.82) is 0 Å². The van der Waals surface area contributed by atoms with Crippen molar-refractivity contribution in [3.63, 3.8) is 0 Å². The van der Waals surface area contributed by atoms with E-state index >= 15 is 0 Å². The van der Waals surface area contributed by atoms with Crippen LogP contribution in [0.15, 0.2) is 47.4 Å². The largest absolute Gasteiger partial charge is 0.377 e. The molecule has 0 aliphatic carbocycles. The molecule has 1 saturated heterocycles. The third kappa shape index (κ3) is 6.68. The SMILES string of the molecule is CCCS(=O)(=O)Nc1ccc(N(C)C)c(CN(CC2CCCO2)S(=O)(=O)c2ccc(F)cc2)c1. The molecule has 1 unspecified atom stereocenters. The van der Waals surface area contributed by atoms with E-state index in [1.165, 1.54) is 16.4 Å².